The summed E-state index contributed by atoms with van der Waals surface area (Å²) in [6, 6.07) is 14.1. The lowest BCUT2D eigenvalue weighted by Gasteiger charge is -2.15. The molecule has 0 aliphatic carbocycles. The molecule has 0 unspecified atom stereocenters. The third-order valence-corrected chi connectivity index (χ3v) is 3.51. The second kappa shape index (κ2) is 6.95. The Morgan fingerprint density at radius 2 is 1.19 bits per heavy atom. The average Bonchev–Trinajstić information content (AvgIpc) is 2.50. The lowest BCUT2D eigenvalue weighted by molar-refractivity contribution is 0.305. The molecule has 0 amide bonds. The minimum Gasteiger partial charge on any atom is -0.508 e. The van der Waals surface area contributed by atoms with Crippen LogP contribution in [0, 0.1) is 0 Å². The molecule has 3 heteroatoms. The highest BCUT2D eigenvalue weighted by molar-refractivity contribution is 5.91. The van der Waals surface area contributed by atoms with Gasteiger partial charge >= 0.3 is 0 Å². The van der Waals surface area contributed by atoms with Gasteiger partial charge in [0.1, 0.15) is 11.5 Å². The minimum atomic E-state index is 0.0673. The van der Waals surface area contributed by atoms with E-state index >= 15 is 0 Å². The summed E-state index contributed by atoms with van der Waals surface area (Å²) in [5.74, 6) is 0.465. The first kappa shape index (κ1) is 15.1. The average molecular weight is 284 g/mol. The Kier molecular flexibility index (Phi) is 5.01. The van der Waals surface area contributed by atoms with Crippen LogP contribution in [0.2, 0.25) is 0 Å². The van der Waals surface area contributed by atoms with Crippen LogP contribution in [-0.4, -0.2) is 21.9 Å². The molecule has 0 saturated carbocycles. The zero-order valence-corrected chi connectivity index (χ0v) is 12.1. The Labute approximate surface area is 124 Å². The highest BCUT2D eigenvalue weighted by Crippen LogP contribution is 2.32. The molecule has 0 aliphatic heterocycles. The van der Waals surface area contributed by atoms with Crippen LogP contribution in [0.4, 0.5) is 0 Å². The van der Waals surface area contributed by atoms with E-state index in [1.807, 2.05) is 24.3 Å². The predicted octanol–water partition coefficient (Wildman–Crippen LogP) is 3.80. The van der Waals surface area contributed by atoms with Crippen LogP contribution in [0.5, 0.6) is 11.5 Å². The summed E-state index contributed by atoms with van der Waals surface area (Å²) in [7, 11) is 0. The Hall–Kier alpha value is -2.26. The van der Waals surface area contributed by atoms with Crippen LogP contribution in [0.1, 0.15) is 30.9 Å². The SMILES string of the molecule is CC/C(=C(/CCO)c1ccc(O)cc1)c1ccc(O)cc1. The Balaban J connectivity index is 2.53. The van der Waals surface area contributed by atoms with Crippen molar-refractivity contribution in [2.45, 2.75) is 19.8 Å². The fraction of sp³-hybridized carbons (Fsp3) is 0.222. The summed E-state index contributed by atoms with van der Waals surface area (Å²) in [4.78, 5) is 0. The van der Waals surface area contributed by atoms with E-state index in [0.717, 1.165) is 28.7 Å². The van der Waals surface area contributed by atoms with Gasteiger partial charge in [-0.25, -0.2) is 0 Å². The van der Waals surface area contributed by atoms with Gasteiger partial charge in [-0.05, 0) is 59.4 Å². The Morgan fingerprint density at radius 1 is 0.762 bits per heavy atom. The standard InChI is InChI=1S/C18H20O3/c1-2-17(13-3-7-15(20)8-4-13)18(11-12-19)14-5-9-16(21)10-6-14/h3-10,19-21H,2,11-12H2,1H3/b18-17+. The van der Waals surface area contributed by atoms with E-state index in [9.17, 15) is 15.3 Å². The van der Waals surface area contributed by atoms with E-state index in [1.165, 1.54) is 0 Å². The van der Waals surface area contributed by atoms with Gasteiger partial charge in [0.2, 0.25) is 0 Å². The molecule has 0 atom stereocenters. The molecular weight excluding hydrogens is 264 g/mol. The molecule has 0 spiro atoms. The van der Waals surface area contributed by atoms with Crippen molar-refractivity contribution in [2.75, 3.05) is 6.61 Å². The lowest BCUT2D eigenvalue weighted by Crippen LogP contribution is -1.95. The molecule has 0 bridgehead atoms. The highest BCUT2D eigenvalue weighted by atomic mass is 16.3. The van der Waals surface area contributed by atoms with Gasteiger partial charge in [0.05, 0.1) is 0 Å². The first-order valence-corrected chi connectivity index (χ1v) is 7.07. The summed E-state index contributed by atoms with van der Waals surface area (Å²) in [5, 5.41) is 28.2. The van der Waals surface area contributed by atoms with E-state index < -0.39 is 0 Å². The van der Waals surface area contributed by atoms with E-state index in [2.05, 4.69) is 6.92 Å². The molecule has 3 N–H and O–H groups in total. The molecule has 2 aromatic rings. The van der Waals surface area contributed by atoms with Crippen LogP contribution in [0.25, 0.3) is 11.1 Å². The van der Waals surface area contributed by atoms with Crippen molar-refractivity contribution in [2.24, 2.45) is 0 Å². The normalized spacial score (nSPS) is 12.1. The highest BCUT2D eigenvalue weighted by Gasteiger charge is 2.10. The number of phenols is 2. The van der Waals surface area contributed by atoms with Crippen LogP contribution in [-0.2, 0) is 0 Å². The molecule has 2 aromatic carbocycles. The van der Waals surface area contributed by atoms with Crippen LogP contribution >= 0.6 is 0 Å². The monoisotopic (exact) mass is 284 g/mol. The molecule has 3 nitrogen and oxygen atoms in total. The van der Waals surface area contributed by atoms with E-state index in [0.29, 0.717) is 6.42 Å². The molecule has 0 heterocycles. The van der Waals surface area contributed by atoms with Crippen LogP contribution in [0.3, 0.4) is 0 Å². The number of hydrogen-bond donors (Lipinski definition) is 3. The maximum atomic E-state index is 9.42. The van der Waals surface area contributed by atoms with Crippen molar-refractivity contribution in [1.29, 1.82) is 0 Å². The first-order chi connectivity index (χ1) is 10.2. The zero-order chi connectivity index (χ0) is 15.2. The van der Waals surface area contributed by atoms with Gasteiger partial charge in [0, 0.05) is 6.61 Å². The van der Waals surface area contributed by atoms with E-state index in [1.54, 1.807) is 24.3 Å². The second-order valence-corrected chi connectivity index (χ2v) is 4.88. The van der Waals surface area contributed by atoms with Crippen molar-refractivity contribution < 1.29 is 15.3 Å². The van der Waals surface area contributed by atoms with Gasteiger partial charge in [-0.15, -0.1) is 0 Å². The Morgan fingerprint density at radius 3 is 1.57 bits per heavy atom. The molecular formula is C18H20O3. The molecule has 0 aliphatic rings. The first-order valence-electron chi connectivity index (χ1n) is 7.07. The third-order valence-electron chi connectivity index (χ3n) is 3.51. The van der Waals surface area contributed by atoms with Crippen molar-refractivity contribution in [1.82, 2.24) is 0 Å². The van der Waals surface area contributed by atoms with E-state index in [-0.39, 0.29) is 18.1 Å². The molecule has 0 radical (unpaired) electrons. The number of allylic oxidation sites excluding steroid dienone is 1. The van der Waals surface area contributed by atoms with Crippen LogP contribution < -0.4 is 0 Å². The van der Waals surface area contributed by atoms with Gasteiger partial charge in [-0.2, -0.15) is 0 Å². The van der Waals surface area contributed by atoms with Crippen molar-refractivity contribution >= 4 is 11.1 Å². The predicted molar refractivity (Wildman–Crippen MR) is 85.0 cm³/mol. The minimum absolute atomic E-state index is 0.0673. The summed E-state index contributed by atoms with van der Waals surface area (Å²) < 4.78 is 0. The zero-order valence-electron chi connectivity index (χ0n) is 12.1. The number of rotatable bonds is 5. The van der Waals surface area contributed by atoms with Gasteiger partial charge in [-0.1, -0.05) is 31.2 Å². The summed E-state index contributed by atoms with van der Waals surface area (Å²) in [5.41, 5.74) is 4.22. The summed E-state index contributed by atoms with van der Waals surface area (Å²) in [6.45, 7) is 2.14. The van der Waals surface area contributed by atoms with Crippen molar-refractivity contribution in [3.8, 4) is 11.5 Å². The lowest BCUT2D eigenvalue weighted by atomic mass is 9.91. The van der Waals surface area contributed by atoms with E-state index in [4.69, 9.17) is 0 Å². The van der Waals surface area contributed by atoms with Gasteiger partial charge in [-0.3, -0.25) is 0 Å². The number of aliphatic hydroxyl groups is 1. The quantitative estimate of drug-likeness (QED) is 0.732. The largest absolute Gasteiger partial charge is 0.508 e. The summed E-state index contributed by atoms with van der Waals surface area (Å²) in [6.07, 6.45) is 1.37. The van der Waals surface area contributed by atoms with Crippen LogP contribution in [0.15, 0.2) is 48.5 Å². The number of aromatic hydroxyl groups is 2. The number of phenolic OH excluding ortho intramolecular Hbond substituents is 2. The molecule has 2 rings (SSSR count). The molecule has 0 fully saturated rings. The van der Waals surface area contributed by atoms with Gasteiger partial charge in [0.15, 0.2) is 0 Å². The number of hydrogen-bond acceptors (Lipinski definition) is 3. The van der Waals surface area contributed by atoms with Gasteiger partial charge < -0.3 is 15.3 Å². The maximum absolute atomic E-state index is 9.42. The van der Waals surface area contributed by atoms with Crippen molar-refractivity contribution in [3.63, 3.8) is 0 Å². The number of aliphatic hydroxyl groups excluding tert-OH is 1. The molecule has 0 saturated heterocycles. The number of benzene rings is 2. The topological polar surface area (TPSA) is 60.7 Å². The fourth-order valence-electron chi connectivity index (χ4n) is 2.50. The molecule has 110 valence electrons. The smallest absolute Gasteiger partial charge is 0.115 e. The van der Waals surface area contributed by atoms with Gasteiger partial charge in [0.25, 0.3) is 0 Å². The Bertz CT molecular complexity index is 610. The third kappa shape index (κ3) is 3.64. The molecule has 21 heavy (non-hydrogen) atoms. The summed E-state index contributed by atoms with van der Waals surface area (Å²) >= 11 is 0. The van der Waals surface area contributed by atoms with Crippen molar-refractivity contribution in [3.05, 3.63) is 59.7 Å². The fourth-order valence-corrected chi connectivity index (χ4v) is 2.50. The maximum Gasteiger partial charge on any atom is 0.115 e. The molecule has 0 aromatic heterocycles. The second-order valence-electron chi connectivity index (χ2n) is 4.88.